The molecule has 0 unspecified atom stereocenters. The molecule has 68 valence electrons. The van der Waals surface area contributed by atoms with Crippen molar-refractivity contribution in [3.05, 3.63) is 32.9 Å². The molecule has 0 saturated carbocycles. The number of rotatable bonds is 0. The van der Waals surface area contributed by atoms with E-state index in [1.807, 2.05) is 12.1 Å². The minimum absolute atomic E-state index is 0.0479. The number of halogens is 1. The minimum Gasteiger partial charge on any atom is -0.192 e. The fourth-order valence-corrected chi connectivity index (χ4v) is 1.73. The quantitative estimate of drug-likeness (QED) is 0.670. The minimum atomic E-state index is 0.0479. The maximum absolute atomic E-state index is 8.92. The summed E-state index contributed by atoms with van der Waals surface area (Å²) in [6.45, 7) is 6.37. The van der Waals surface area contributed by atoms with Gasteiger partial charge in [0.05, 0.1) is 11.6 Å². The molecule has 0 bridgehead atoms. The SMILES string of the molecule is CC(C)(C)c1cc(I)ccc1C#N. The van der Waals surface area contributed by atoms with Crippen molar-refractivity contribution in [2.24, 2.45) is 0 Å². The largest absolute Gasteiger partial charge is 0.192 e. The van der Waals surface area contributed by atoms with Crippen LogP contribution in [0.2, 0.25) is 0 Å². The van der Waals surface area contributed by atoms with Crippen LogP contribution in [-0.4, -0.2) is 0 Å². The van der Waals surface area contributed by atoms with Crippen molar-refractivity contribution in [2.45, 2.75) is 26.2 Å². The van der Waals surface area contributed by atoms with Gasteiger partial charge in [0.25, 0.3) is 0 Å². The zero-order chi connectivity index (χ0) is 10.1. The van der Waals surface area contributed by atoms with Crippen LogP contribution in [0.15, 0.2) is 18.2 Å². The number of hydrogen-bond acceptors (Lipinski definition) is 1. The Morgan fingerprint density at radius 2 is 1.92 bits per heavy atom. The molecule has 0 radical (unpaired) electrons. The summed E-state index contributed by atoms with van der Waals surface area (Å²) in [5, 5.41) is 8.92. The van der Waals surface area contributed by atoms with Crippen LogP contribution in [0.1, 0.15) is 31.9 Å². The summed E-state index contributed by atoms with van der Waals surface area (Å²) < 4.78 is 1.18. The summed E-state index contributed by atoms with van der Waals surface area (Å²) in [6.07, 6.45) is 0. The van der Waals surface area contributed by atoms with Crippen molar-refractivity contribution in [3.8, 4) is 6.07 Å². The molecule has 1 aromatic rings. The molecule has 13 heavy (non-hydrogen) atoms. The molecular weight excluding hydrogens is 273 g/mol. The third-order valence-electron chi connectivity index (χ3n) is 1.91. The summed E-state index contributed by atoms with van der Waals surface area (Å²) in [4.78, 5) is 0. The number of nitriles is 1. The van der Waals surface area contributed by atoms with Crippen molar-refractivity contribution in [1.29, 1.82) is 5.26 Å². The molecule has 0 spiro atoms. The second-order valence-electron chi connectivity index (χ2n) is 4.05. The van der Waals surface area contributed by atoms with Crippen molar-refractivity contribution < 1.29 is 0 Å². The number of hydrogen-bond donors (Lipinski definition) is 0. The fourth-order valence-electron chi connectivity index (χ4n) is 1.23. The van der Waals surface area contributed by atoms with Gasteiger partial charge in [0.15, 0.2) is 0 Å². The lowest BCUT2D eigenvalue weighted by Gasteiger charge is -2.20. The van der Waals surface area contributed by atoms with E-state index < -0.39 is 0 Å². The molecule has 0 atom stereocenters. The maximum Gasteiger partial charge on any atom is 0.0994 e. The molecule has 0 saturated heterocycles. The van der Waals surface area contributed by atoms with E-state index in [9.17, 15) is 0 Å². The van der Waals surface area contributed by atoms with E-state index in [1.165, 1.54) is 3.57 Å². The monoisotopic (exact) mass is 285 g/mol. The Kier molecular flexibility index (Phi) is 2.97. The first-order valence-electron chi connectivity index (χ1n) is 4.15. The van der Waals surface area contributed by atoms with E-state index in [4.69, 9.17) is 5.26 Å². The number of benzene rings is 1. The van der Waals surface area contributed by atoms with Crippen LogP contribution in [0.25, 0.3) is 0 Å². The summed E-state index contributed by atoms with van der Waals surface area (Å²) in [7, 11) is 0. The molecule has 0 amide bonds. The first kappa shape index (κ1) is 10.5. The normalized spacial score (nSPS) is 11.0. The molecule has 1 rings (SSSR count). The lowest BCUT2D eigenvalue weighted by molar-refractivity contribution is 0.588. The Hall–Kier alpha value is -0.560. The maximum atomic E-state index is 8.92. The van der Waals surface area contributed by atoms with Crippen molar-refractivity contribution in [2.75, 3.05) is 0 Å². The summed E-state index contributed by atoms with van der Waals surface area (Å²) in [5.74, 6) is 0. The Bertz CT molecular complexity index is 355. The van der Waals surface area contributed by atoms with Gasteiger partial charge in [-0.3, -0.25) is 0 Å². The van der Waals surface area contributed by atoms with E-state index in [2.05, 4.69) is 55.5 Å². The van der Waals surface area contributed by atoms with Crippen molar-refractivity contribution in [1.82, 2.24) is 0 Å². The lowest BCUT2D eigenvalue weighted by Crippen LogP contribution is -2.13. The second-order valence-corrected chi connectivity index (χ2v) is 5.30. The van der Waals surface area contributed by atoms with Crippen LogP contribution in [0.4, 0.5) is 0 Å². The third kappa shape index (κ3) is 2.44. The smallest absolute Gasteiger partial charge is 0.0994 e. The lowest BCUT2D eigenvalue weighted by atomic mass is 9.84. The van der Waals surface area contributed by atoms with Crippen LogP contribution < -0.4 is 0 Å². The van der Waals surface area contributed by atoms with E-state index in [-0.39, 0.29) is 5.41 Å². The topological polar surface area (TPSA) is 23.8 Å². The predicted octanol–water partition coefficient (Wildman–Crippen LogP) is 3.46. The Morgan fingerprint density at radius 1 is 1.31 bits per heavy atom. The van der Waals surface area contributed by atoms with Crippen LogP contribution in [0.3, 0.4) is 0 Å². The molecule has 0 aromatic heterocycles. The third-order valence-corrected chi connectivity index (χ3v) is 2.58. The predicted molar refractivity (Wildman–Crippen MR) is 62.6 cm³/mol. The number of nitrogens with zero attached hydrogens (tertiary/aromatic N) is 1. The van der Waals surface area contributed by atoms with Crippen LogP contribution in [0, 0.1) is 14.9 Å². The summed E-state index contributed by atoms with van der Waals surface area (Å²) >= 11 is 2.27. The highest BCUT2D eigenvalue weighted by molar-refractivity contribution is 14.1. The van der Waals surface area contributed by atoms with Gasteiger partial charge in [-0.05, 0) is 51.8 Å². The Labute approximate surface area is 92.9 Å². The Balaban J connectivity index is 3.35. The van der Waals surface area contributed by atoms with Crippen LogP contribution in [-0.2, 0) is 5.41 Å². The average Bonchev–Trinajstić information content (AvgIpc) is 2.03. The zero-order valence-electron chi connectivity index (χ0n) is 8.06. The van der Waals surface area contributed by atoms with E-state index in [0.29, 0.717) is 0 Å². The standard InChI is InChI=1S/C11H12IN/c1-11(2,3)10-6-9(12)5-4-8(10)7-13/h4-6H,1-3H3. The fraction of sp³-hybridized carbons (Fsp3) is 0.364. The summed E-state index contributed by atoms with van der Waals surface area (Å²) in [6, 6.07) is 8.17. The summed E-state index contributed by atoms with van der Waals surface area (Å²) in [5.41, 5.74) is 1.96. The molecule has 0 aliphatic rings. The van der Waals surface area contributed by atoms with E-state index in [0.717, 1.165) is 11.1 Å². The molecule has 1 aromatic carbocycles. The molecule has 2 heteroatoms. The average molecular weight is 285 g/mol. The zero-order valence-corrected chi connectivity index (χ0v) is 10.2. The van der Waals surface area contributed by atoms with E-state index >= 15 is 0 Å². The van der Waals surface area contributed by atoms with Crippen LogP contribution >= 0.6 is 22.6 Å². The van der Waals surface area contributed by atoms with Gasteiger partial charge in [0.1, 0.15) is 0 Å². The van der Waals surface area contributed by atoms with Gasteiger partial charge in [-0.2, -0.15) is 5.26 Å². The molecule has 0 heterocycles. The molecular formula is C11H12IN. The molecule has 0 aliphatic heterocycles. The molecule has 0 fully saturated rings. The van der Waals surface area contributed by atoms with Crippen molar-refractivity contribution >= 4 is 22.6 Å². The highest BCUT2D eigenvalue weighted by atomic mass is 127. The van der Waals surface area contributed by atoms with E-state index in [1.54, 1.807) is 0 Å². The molecule has 1 nitrogen and oxygen atoms in total. The molecule has 0 aliphatic carbocycles. The first-order valence-corrected chi connectivity index (χ1v) is 5.23. The van der Waals surface area contributed by atoms with Gasteiger partial charge in [-0.25, -0.2) is 0 Å². The Morgan fingerprint density at radius 3 is 2.38 bits per heavy atom. The van der Waals surface area contributed by atoms with Gasteiger partial charge in [-0.1, -0.05) is 20.8 Å². The van der Waals surface area contributed by atoms with Crippen LogP contribution in [0.5, 0.6) is 0 Å². The highest BCUT2D eigenvalue weighted by Crippen LogP contribution is 2.26. The van der Waals surface area contributed by atoms with Gasteiger partial charge >= 0.3 is 0 Å². The molecule has 0 N–H and O–H groups in total. The van der Waals surface area contributed by atoms with Gasteiger partial charge in [0.2, 0.25) is 0 Å². The van der Waals surface area contributed by atoms with Crippen molar-refractivity contribution in [3.63, 3.8) is 0 Å². The second kappa shape index (κ2) is 3.67. The van der Waals surface area contributed by atoms with Gasteiger partial charge < -0.3 is 0 Å². The van der Waals surface area contributed by atoms with Gasteiger partial charge in [-0.15, -0.1) is 0 Å². The van der Waals surface area contributed by atoms with Gasteiger partial charge in [0, 0.05) is 3.57 Å². The first-order chi connectivity index (χ1) is 5.95. The highest BCUT2D eigenvalue weighted by Gasteiger charge is 2.17.